The molecule has 1 unspecified atom stereocenters. The highest BCUT2D eigenvalue weighted by molar-refractivity contribution is 6.42. The van der Waals surface area contributed by atoms with Crippen LogP contribution in [0.1, 0.15) is 38.2 Å². The number of hydrogen-bond donors (Lipinski definition) is 1. The molecule has 0 aromatic heterocycles. The van der Waals surface area contributed by atoms with Gasteiger partial charge in [0.15, 0.2) is 0 Å². The van der Waals surface area contributed by atoms with Crippen molar-refractivity contribution < 1.29 is 5.11 Å². The third-order valence-electron chi connectivity index (χ3n) is 2.60. The van der Waals surface area contributed by atoms with Crippen LogP contribution in [0.25, 0.3) is 0 Å². The Labute approximate surface area is 107 Å². The van der Waals surface area contributed by atoms with E-state index in [0.29, 0.717) is 16.5 Å². The molecule has 0 fully saturated rings. The van der Waals surface area contributed by atoms with Crippen LogP contribution in [0.15, 0.2) is 18.2 Å². The van der Waals surface area contributed by atoms with Crippen molar-refractivity contribution >= 4 is 23.2 Å². The van der Waals surface area contributed by atoms with Gasteiger partial charge < -0.3 is 5.11 Å². The molecule has 0 saturated carbocycles. The van der Waals surface area contributed by atoms with Gasteiger partial charge >= 0.3 is 0 Å². The summed E-state index contributed by atoms with van der Waals surface area (Å²) >= 11 is 11.7. The molecule has 1 rings (SSSR count). The summed E-state index contributed by atoms with van der Waals surface area (Å²) < 4.78 is 0. The molecular weight excluding hydrogens is 243 g/mol. The summed E-state index contributed by atoms with van der Waals surface area (Å²) in [5.74, 6) is 0. The molecule has 0 heterocycles. The Balaban J connectivity index is 2.43. The second-order valence-electron chi connectivity index (χ2n) is 4.10. The van der Waals surface area contributed by atoms with E-state index in [0.717, 1.165) is 18.4 Å². The first-order valence-electron chi connectivity index (χ1n) is 5.75. The highest BCUT2D eigenvalue weighted by atomic mass is 35.5. The minimum Gasteiger partial charge on any atom is -0.393 e. The number of halogens is 2. The lowest BCUT2D eigenvalue weighted by Crippen LogP contribution is -2.10. The molecule has 1 aromatic carbocycles. The van der Waals surface area contributed by atoms with Gasteiger partial charge in [0, 0.05) is 0 Å². The van der Waals surface area contributed by atoms with Crippen LogP contribution in [-0.2, 0) is 6.42 Å². The molecule has 0 saturated heterocycles. The topological polar surface area (TPSA) is 20.2 Å². The number of hydrogen-bond acceptors (Lipinski definition) is 1. The normalized spacial score (nSPS) is 12.8. The lowest BCUT2D eigenvalue weighted by atomic mass is 10.0. The van der Waals surface area contributed by atoms with E-state index in [4.69, 9.17) is 23.2 Å². The summed E-state index contributed by atoms with van der Waals surface area (Å²) in [5.41, 5.74) is 1.04. The van der Waals surface area contributed by atoms with Crippen molar-refractivity contribution in [1.29, 1.82) is 0 Å². The van der Waals surface area contributed by atoms with E-state index in [1.807, 2.05) is 12.1 Å². The van der Waals surface area contributed by atoms with Gasteiger partial charge in [-0.25, -0.2) is 0 Å². The summed E-state index contributed by atoms with van der Waals surface area (Å²) in [6, 6.07) is 5.52. The number of benzene rings is 1. The van der Waals surface area contributed by atoms with Gasteiger partial charge in [-0.2, -0.15) is 0 Å². The SMILES string of the molecule is CCCCCC(O)Cc1ccc(Cl)c(Cl)c1. The fraction of sp³-hybridized carbons (Fsp3) is 0.538. The maximum Gasteiger partial charge on any atom is 0.0595 e. The van der Waals surface area contributed by atoms with Gasteiger partial charge in [-0.15, -0.1) is 0 Å². The Morgan fingerprint density at radius 3 is 2.56 bits per heavy atom. The molecule has 3 heteroatoms. The van der Waals surface area contributed by atoms with Crippen molar-refractivity contribution in [2.75, 3.05) is 0 Å². The molecule has 90 valence electrons. The standard InChI is InChI=1S/C13H18Cl2O/c1-2-3-4-5-11(16)8-10-6-7-12(14)13(15)9-10/h6-7,9,11,16H,2-5,8H2,1H3. The lowest BCUT2D eigenvalue weighted by molar-refractivity contribution is 0.161. The quantitative estimate of drug-likeness (QED) is 0.748. The second kappa shape index (κ2) is 7.16. The molecule has 1 N–H and O–H groups in total. The van der Waals surface area contributed by atoms with Gasteiger partial charge in [-0.3, -0.25) is 0 Å². The smallest absolute Gasteiger partial charge is 0.0595 e. The Morgan fingerprint density at radius 2 is 1.94 bits per heavy atom. The van der Waals surface area contributed by atoms with Gasteiger partial charge in [-0.05, 0) is 30.5 Å². The van der Waals surface area contributed by atoms with Gasteiger partial charge in [0.05, 0.1) is 16.1 Å². The molecule has 0 spiro atoms. The predicted molar refractivity (Wildman–Crippen MR) is 70.3 cm³/mol. The van der Waals surface area contributed by atoms with Crippen LogP contribution in [0.3, 0.4) is 0 Å². The fourth-order valence-electron chi connectivity index (χ4n) is 1.67. The van der Waals surface area contributed by atoms with E-state index < -0.39 is 0 Å². The average Bonchev–Trinajstić information content (AvgIpc) is 2.24. The third-order valence-corrected chi connectivity index (χ3v) is 3.34. The van der Waals surface area contributed by atoms with Crippen LogP contribution in [-0.4, -0.2) is 11.2 Å². The predicted octanol–water partition coefficient (Wildman–Crippen LogP) is 4.48. The molecule has 1 atom stereocenters. The summed E-state index contributed by atoms with van der Waals surface area (Å²) in [5, 5.41) is 10.9. The first-order chi connectivity index (χ1) is 7.63. The van der Waals surface area contributed by atoms with Crippen LogP contribution < -0.4 is 0 Å². The first-order valence-corrected chi connectivity index (χ1v) is 6.51. The van der Waals surface area contributed by atoms with E-state index in [1.54, 1.807) is 6.07 Å². The molecule has 0 aliphatic heterocycles. The van der Waals surface area contributed by atoms with Crippen LogP contribution in [0.5, 0.6) is 0 Å². The van der Waals surface area contributed by atoms with Crippen molar-refractivity contribution in [3.8, 4) is 0 Å². The number of unbranched alkanes of at least 4 members (excludes halogenated alkanes) is 2. The van der Waals surface area contributed by atoms with Crippen LogP contribution in [0.4, 0.5) is 0 Å². The number of aliphatic hydroxyl groups is 1. The molecule has 16 heavy (non-hydrogen) atoms. The van der Waals surface area contributed by atoms with Gasteiger partial charge in [0.2, 0.25) is 0 Å². The maximum atomic E-state index is 9.81. The van der Waals surface area contributed by atoms with Crippen LogP contribution in [0.2, 0.25) is 10.0 Å². The largest absolute Gasteiger partial charge is 0.393 e. The molecular formula is C13H18Cl2O. The van der Waals surface area contributed by atoms with E-state index in [2.05, 4.69) is 6.92 Å². The maximum absolute atomic E-state index is 9.81. The zero-order chi connectivity index (χ0) is 12.0. The Hall–Kier alpha value is -0.240. The molecule has 0 aliphatic carbocycles. The van der Waals surface area contributed by atoms with Crippen molar-refractivity contribution in [3.63, 3.8) is 0 Å². The average molecular weight is 261 g/mol. The Kier molecular flexibility index (Phi) is 6.18. The summed E-state index contributed by atoms with van der Waals surface area (Å²) in [4.78, 5) is 0. The Morgan fingerprint density at radius 1 is 1.19 bits per heavy atom. The minimum atomic E-state index is -0.274. The molecule has 0 amide bonds. The monoisotopic (exact) mass is 260 g/mol. The zero-order valence-electron chi connectivity index (χ0n) is 9.55. The summed E-state index contributed by atoms with van der Waals surface area (Å²) in [6.07, 6.45) is 4.68. The van der Waals surface area contributed by atoms with Gasteiger partial charge in [-0.1, -0.05) is 55.5 Å². The van der Waals surface area contributed by atoms with Crippen LogP contribution in [0, 0.1) is 0 Å². The van der Waals surface area contributed by atoms with Crippen molar-refractivity contribution in [3.05, 3.63) is 33.8 Å². The van der Waals surface area contributed by atoms with Gasteiger partial charge in [0.25, 0.3) is 0 Å². The number of aliphatic hydroxyl groups excluding tert-OH is 1. The van der Waals surface area contributed by atoms with Crippen molar-refractivity contribution in [2.24, 2.45) is 0 Å². The summed E-state index contributed by atoms with van der Waals surface area (Å²) in [6.45, 7) is 2.16. The molecule has 1 nitrogen and oxygen atoms in total. The fourth-order valence-corrected chi connectivity index (χ4v) is 1.99. The molecule has 1 aromatic rings. The molecule has 0 radical (unpaired) electrons. The van der Waals surface area contributed by atoms with Gasteiger partial charge in [0.1, 0.15) is 0 Å². The van der Waals surface area contributed by atoms with E-state index in [9.17, 15) is 5.11 Å². The van der Waals surface area contributed by atoms with Crippen LogP contribution >= 0.6 is 23.2 Å². The number of rotatable bonds is 6. The zero-order valence-corrected chi connectivity index (χ0v) is 11.1. The Bertz CT molecular complexity index is 326. The molecule has 0 bridgehead atoms. The first kappa shape index (κ1) is 13.8. The second-order valence-corrected chi connectivity index (χ2v) is 4.92. The van der Waals surface area contributed by atoms with E-state index >= 15 is 0 Å². The highest BCUT2D eigenvalue weighted by Gasteiger charge is 2.06. The van der Waals surface area contributed by atoms with Crippen molar-refractivity contribution in [2.45, 2.75) is 45.1 Å². The van der Waals surface area contributed by atoms with Crippen molar-refractivity contribution in [1.82, 2.24) is 0 Å². The molecule has 0 aliphatic rings. The lowest BCUT2D eigenvalue weighted by Gasteiger charge is -2.10. The summed E-state index contributed by atoms with van der Waals surface area (Å²) in [7, 11) is 0. The highest BCUT2D eigenvalue weighted by Crippen LogP contribution is 2.23. The van der Waals surface area contributed by atoms with E-state index in [1.165, 1.54) is 12.8 Å². The third kappa shape index (κ3) is 4.73. The van der Waals surface area contributed by atoms with E-state index in [-0.39, 0.29) is 6.10 Å². The minimum absolute atomic E-state index is 0.274.